The largest absolute Gasteiger partial charge is 0.492 e. The van der Waals surface area contributed by atoms with Crippen LogP contribution in [0.4, 0.5) is 5.69 Å². The molecule has 1 aliphatic rings. The molecule has 0 fully saturated rings. The Hall–Kier alpha value is -2.56. The summed E-state index contributed by atoms with van der Waals surface area (Å²) >= 11 is 0. The van der Waals surface area contributed by atoms with Crippen LogP contribution in [0, 0.1) is 0 Å². The van der Waals surface area contributed by atoms with E-state index in [2.05, 4.69) is 5.32 Å². The molecule has 1 aromatic heterocycles. The summed E-state index contributed by atoms with van der Waals surface area (Å²) in [5, 5.41) is 2.84. The number of nitrogens with one attached hydrogen (secondary N) is 1. The van der Waals surface area contributed by atoms with Gasteiger partial charge < -0.3 is 14.6 Å². The number of hydrogen-bond acceptors (Lipinski definition) is 3. The summed E-state index contributed by atoms with van der Waals surface area (Å²) in [5.41, 5.74) is 1.91. The SMILES string of the molecule is O=C1CCc2cc(OCCn3ccccc3=O)ccc2N1. The molecule has 0 saturated carbocycles. The molecule has 3 rings (SSSR count). The number of carbonyl (C=O) groups excluding carboxylic acids is 1. The van der Waals surface area contributed by atoms with E-state index in [-0.39, 0.29) is 11.5 Å². The average molecular weight is 284 g/mol. The maximum absolute atomic E-state index is 11.6. The third-order valence-electron chi connectivity index (χ3n) is 3.47. The number of ether oxygens (including phenoxy) is 1. The van der Waals surface area contributed by atoms with E-state index in [1.165, 1.54) is 6.07 Å². The van der Waals surface area contributed by atoms with E-state index in [1.807, 2.05) is 24.3 Å². The van der Waals surface area contributed by atoms with Crippen molar-refractivity contribution in [2.24, 2.45) is 0 Å². The molecule has 0 aliphatic carbocycles. The van der Waals surface area contributed by atoms with Crippen molar-refractivity contribution in [2.45, 2.75) is 19.4 Å². The molecule has 0 saturated heterocycles. The first-order chi connectivity index (χ1) is 10.2. The molecule has 2 aromatic rings. The van der Waals surface area contributed by atoms with Crippen molar-refractivity contribution in [1.29, 1.82) is 0 Å². The van der Waals surface area contributed by atoms with Gasteiger partial charge in [0.25, 0.3) is 5.56 Å². The second kappa shape index (κ2) is 5.83. The standard InChI is InChI=1S/C16H16N2O3/c19-15-7-4-12-11-13(5-6-14(12)17-15)21-10-9-18-8-2-1-3-16(18)20/h1-3,5-6,8,11H,4,7,9-10H2,(H,17,19). The molecule has 0 bridgehead atoms. The normalized spacial score (nSPS) is 13.4. The van der Waals surface area contributed by atoms with E-state index in [4.69, 9.17) is 4.74 Å². The van der Waals surface area contributed by atoms with Crippen LogP contribution < -0.4 is 15.6 Å². The molecule has 1 amide bonds. The van der Waals surface area contributed by atoms with E-state index < -0.39 is 0 Å². The Labute approximate surface area is 122 Å². The lowest BCUT2D eigenvalue weighted by atomic mass is 10.0. The minimum Gasteiger partial charge on any atom is -0.492 e. The number of aryl methyl sites for hydroxylation is 1. The molecular weight excluding hydrogens is 268 g/mol. The predicted molar refractivity (Wildman–Crippen MR) is 79.6 cm³/mol. The quantitative estimate of drug-likeness (QED) is 0.931. The molecule has 21 heavy (non-hydrogen) atoms. The second-order valence-electron chi connectivity index (χ2n) is 4.95. The summed E-state index contributed by atoms with van der Waals surface area (Å²) in [5.74, 6) is 0.813. The van der Waals surface area contributed by atoms with Crippen LogP contribution in [0.3, 0.4) is 0 Å². The molecule has 1 aromatic carbocycles. The highest BCUT2D eigenvalue weighted by Crippen LogP contribution is 2.26. The van der Waals surface area contributed by atoms with E-state index in [0.29, 0.717) is 19.6 Å². The van der Waals surface area contributed by atoms with Crippen molar-refractivity contribution < 1.29 is 9.53 Å². The van der Waals surface area contributed by atoms with Gasteiger partial charge in [-0.1, -0.05) is 6.07 Å². The number of anilines is 1. The first kappa shape index (κ1) is 13.4. The number of aromatic nitrogens is 1. The van der Waals surface area contributed by atoms with E-state index in [1.54, 1.807) is 16.8 Å². The smallest absolute Gasteiger partial charge is 0.250 e. The molecule has 5 nitrogen and oxygen atoms in total. The lowest BCUT2D eigenvalue weighted by molar-refractivity contribution is -0.116. The number of nitrogens with zero attached hydrogens (tertiary/aromatic N) is 1. The topological polar surface area (TPSA) is 60.3 Å². The Morgan fingerprint density at radius 3 is 2.90 bits per heavy atom. The van der Waals surface area contributed by atoms with Crippen molar-refractivity contribution in [2.75, 3.05) is 11.9 Å². The molecular formula is C16H16N2O3. The fourth-order valence-electron chi connectivity index (χ4n) is 2.36. The van der Waals surface area contributed by atoms with Crippen LogP contribution in [0.15, 0.2) is 47.4 Å². The first-order valence-electron chi connectivity index (χ1n) is 6.93. The molecule has 5 heteroatoms. The summed E-state index contributed by atoms with van der Waals surface area (Å²) in [4.78, 5) is 22.8. The minimum absolute atomic E-state index is 0.0331. The highest BCUT2D eigenvalue weighted by molar-refractivity contribution is 5.93. The second-order valence-corrected chi connectivity index (χ2v) is 4.95. The monoisotopic (exact) mass is 284 g/mol. The van der Waals surface area contributed by atoms with Gasteiger partial charge in [-0.3, -0.25) is 9.59 Å². The van der Waals surface area contributed by atoms with Gasteiger partial charge in [-0.25, -0.2) is 0 Å². The Morgan fingerprint density at radius 1 is 1.14 bits per heavy atom. The van der Waals surface area contributed by atoms with Crippen LogP contribution in [-0.4, -0.2) is 17.1 Å². The molecule has 1 N–H and O–H groups in total. The highest BCUT2D eigenvalue weighted by atomic mass is 16.5. The van der Waals surface area contributed by atoms with Gasteiger partial charge in [-0.15, -0.1) is 0 Å². The molecule has 1 aliphatic heterocycles. The highest BCUT2D eigenvalue weighted by Gasteiger charge is 2.14. The minimum atomic E-state index is -0.0331. The molecule has 0 unspecified atom stereocenters. The number of carbonyl (C=O) groups is 1. The zero-order valence-electron chi connectivity index (χ0n) is 11.5. The van der Waals surface area contributed by atoms with Gasteiger partial charge in [-0.05, 0) is 36.2 Å². The Kier molecular flexibility index (Phi) is 3.73. The van der Waals surface area contributed by atoms with Crippen LogP contribution in [-0.2, 0) is 17.8 Å². The van der Waals surface area contributed by atoms with Gasteiger partial charge in [0, 0.05) is 24.4 Å². The van der Waals surface area contributed by atoms with Gasteiger partial charge in [0.1, 0.15) is 12.4 Å². The summed E-state index contributed by atoms with van der Waals surface area (Å²) in [6.45, 7) is 0.933. The number of amides is 1. The lowest BCUT2D eigenvalue weighted by Crippen LogP contribution is -2.21. The number of pyridine rings is 1. The third kappa shape index (κ3) is 3.13. The number of hydrogen-bond donors (Lipinski definition) is 1. The summed E-state index contributed by atoms with van der Waals surface area (Å²) in [6, 6.07) is 10.7. The Bertz CT molecular complexity index is 721. The van der Waals surface area contributed by atoms with Crippen LogP contribution in [0.1, 0.15) is 12.0 Å². The van der Waals surface area contributed by atoms with Gasteiger partial charge >= 0.3 is 0 Å². The van der Waals surface area contributed by atoms with Gasteiger partial charge in [-0.2, -0.15) is 0 Å². The van der Waals surface area contributed by atoms with Crippen molar-refractivity contribution >= 4 is 11.6 Å². The van der Waals surface area contributed by atoms with Crippen molar-refractivity contribution in [1.82, 2.24) is 4.57 Å². The summed E-state index contributed by atoms with van der Waals surface area (Å²) < 4.78 is 7.30. The zero-order chi connectivity index (χ0) is 14.7. The maximum Gasteiger partial charge on any atom is 0.250 e. The van der Waals surface area contributed by atoms with Gasteiger partial charge in [0.05, 0.1) is 6.54 Å². The van der Waals surface area contributed by atoms with Gasteiger partial charge in [0.15, 0.2) is 0 Å². The fourth-order valence-corrected chi connectivity index (χ4v) is 2.36. The van der Waals surface area contributed by atoms with Crippen LogP contribution in [0.5, 0.6) is 5.75 Å². The molecule has 108 valence electrons. The Morgan fingerprint density at radius 2 is 2.05 bits per heavy atom. The third-order valence-corrected chi connectivity index (χ3v) is 3.47. The molecule has 0 atom stereocenters. The van der Waals surface area contributed by atoms with E-state index in [9.17, 15) is 9.59 Å². The van der Waals surface area contributed by atoms with Crippen LogP contribution >= 0.6 is 0 Å². The molecule has 0 spiro atoms. The number of benzene rings is 1. The van der Waals surface area contributed by atoms with E-state index in [0.717, 1.165) is 23.4 Å². The first-order valence-corrected chi connectivity index (χ1v) is 6.93. The maximum atomic E-state index is 11.6. The fraction of sp³-hybridized carbons (Fsp3) is 0.250. The average Bonchev–Trinajstić information content (AvgIpc) is 2.49. The van der Waals surface area contributed by atoms with Crippen molar-refractivity contribution in [3.8, 4) is 5.75 Å². The lowest BCUT2D eigenvalue weighted by Gasteiger charge is -2.17. The summed E-state index contributed by atoms with van der Waals surface area (Å²) in [6.07, 6.45) is 2.99. The van der Waals surface area contributed by atoms with Gasteiger partial charge in [0.2, 0.25) is 5.91 Å². The van der Waals surface area contributed by atoms with Crippen LogP contribution in [0.25, 0.3) is 0 Å². The molecule has 0 radical (unpaired) electrons. The number of rotatable bonds is 4. The van der Waals surface area contributed by atoms with Crippen molar-refractivity contribution in [3.05, 3.63) is 58.5 Å². The predicted octanol–water partition coefficient (Wildman–Crippen LogP) is 1.81. The van der Waals surface area contributed by atoms with E-state index >= 15 is 0 Å². The number of fused-ring (bicyclic) bond motifs is 1. The zero-order valence-corrected chi connectivity index (χ0v) is 11.5. The Balaban J connectivity index is 1.63. The molecule has 2 heterocycles. The van der Waals surface area contributed by atoms with Crippen LogP contribution in [0.2, 0.25) is 0 Å². The summed E-state index contributed by atoms with van der Waals surface area (Å²) in [7, 11) is 0. The van der Waals surface area contributed by atoms with Crippen molar-refractivity contribution in [3.63, 3.8) is 0 Å².